The first-order valence-corrected chi connectivity index (χ1v) is 7.33. The van der Waals surface area contributed by atoms with E-state index in [2.05, 4.69) is 10.2 Å². The Morgan fingerprint density at radius 3 is 2.61 bits per heavy atom. The number of H-pyrrole nitrogens is 1. The van der Waals surface area contributed by atoms with Gasteiger partial charge in [-0.05, 0) is 29.8 Å². The molecule has 0 amide bonds. The fourth-order valence-corrected chi connectivity index (χ4v) is 2.24. The molecule has 6 nitrogen and oxygen atoms in total. The number of nitrogens with two attached hydrogens (primary N) is 1. The summed E-state index contributed by atoms with van der Waals surface area (Å²) in [4.78, 5) is 0. The molecule has 0 aliphatic rings. The zero-order valence-corrected chi connectivity index (χ0v) is 12.9. The number of hydrogen-bond donors (Lipinski definition) is 2. The molecule has 2 aromatic carbocycles. The van der Waals surface area contributed by atoms with Gasteiger partial charge in [0.1, 0.15) is 18.1 Å². The number of aromatic amines is 1. The van der Waals surface area contributed by atoms with Crippen LogP contribution in [0.3, 0.4) is 0 Å². The highest BCUT2D eigenvalue weighted by Gasteiger charge is 2.03. The van der Waals surface area contributed by atoms with E-state index in [-0.39, 0.29) is 0 Å². The third kappa shape index (κ3) is 3.73. The van der Waals surface area contributed by atoms with Crippen LogP contribution in [-0.4, -0.2) is 30.5 Å². The summed E-state index contributed by atoms with van der Waals surface area (Å²) in [6, 6.07) is 13.4. The molecule has 0 saturated heterocycles. The van der Waals surface area contributed by atoms with Gasteiger partial charge in [-0.2, -0.15) is 5.10 Å². The molecule has 120 valence electrons. The number of nitrogens with zero attached hydrogens (tertiary/aromatic N) is 1. The minimum atomic E-state index is 0.477. The van der Waals surface area contributed by atoms with E-state index in [1.807, 2.05) is 42.5 Å². The van der Waals surface area contributed by atoms with Crippen LogP contribution in [0.4, 0.5) is 5.82 Å². The largest absolute Gasteiger partial charge is 0.497 e. The molecule has 3 rings (SSSR count). The Morgan fingerprint density at radius 2 is 1.83 bits per heavy atom. The second-order valence-electron chi connectivity index (χ2n) is 5.07. The van der Waals surface area contributed by atoms with Crippen molar-refractivity contribution < 1.29 is 14.2 Å². The summed E-state index contributed by atoms with van der Waals surface area (Å²) in [7, 11) is 1.65. The van der Waals surface area contributed by atoms with E-state index in [4.69, 9.17) is 19.9 Å². The lowest BCUT2D eigenvalue weighted by molar-refractivity contribution is 0.0889. The molecule has 0 aliphatic heterocycles. The quantitative estimate of drug-likeness (QED) is 0.655. The van der Waals surface area contributed by atoms with Crippen LogP contribution in [0.2, 0.25) is 0 Å². The van der Waals surface area contributed by atoms with E-state index in [0.717, 1.165) is 28.0 Å². The molecular weight excluding hydrogens is 294 g/mol. The maximum absolute atomic E-state index is 5.73. The summed E-state index contributed by atoms with van der Waals surface area (Å²) < 4.78 is 16.4. The standard InChI is InChI=1S/C17H19N3O3/c1-21-13-4-2-12(3-5-13)11-22-8-9-23-14-6-7-15-16(10-14)19-20-17(15)18/h2-7,10H,8-9,11H2,1H3,(H3,18,19,20). The molecule has 23 heavy (non-hydrogen) atoms. The molecule has 0 aliphatic carbocycles. The predicted octanol–water partition coefficient (Wildman–Crippen LogP) is 2.75. The molecule has 0 radical (unpaired) electrons. The average molecular weight is 313 g/mol. The molecule has 6 heteroatoms. The van der Waals surface area contributed by atoms with Gasteiger partial charge in [0.2, 0.25) is 0 Å². The molecule has 3 N–H and O–H groups in total. The lowest BCUT2D eigenvalue weighted by atomic mass is 10.2. The second-order valence-corrected chi connectivity index (χ2v) is 5.07. The van der Waals surface area contributed by atoms with Crippen LogP contribution in [0.25, 0.3) is 10.9 Å². The van der Waals surface area contributed by atoms with Gasteiger partial charge >= 0.3 is 0 Å². The lowest BCUT2D eigenvalue weighted by Crippen LogP contribution is -2.06. The average Bonchev–Trinajstić information content (AvgIpc) is 2.96. The molecule has 3 aromatic rings. The first-order valence-electron chi connectivity index (χ1n) is 7.33. The molecule has 1 heterocycles. The SMILES string of the molecule is COc1ccc(COCCOc2ccc3c(N)n[nH]c3c2)cc1. The van der Waals surface area contributed by atoms with Crippen molar-refractivity contribution in [1.29, 1.82) is 0 Å². The van der Waals surface area contributed by atoms with E-state index in [9.17, 15) is 0 Å². The first kappa shape index (κ1) is 15.2. The van der Waals surface area contributed by atoms with Crippen molar-refractivity contribution in [2.24, 2.45) is 0 Å². The zero-order valence-electron chi connectivity index (χ0n) is 12.9. The number of rotatable bonds is 7. The third-order valence-electron chi connectivity index (χ3n) is 3.49. The minimum absolute atomic E-state index is 0.477. The summed E-state index contributed by atoms with van der Waals surface area (Å²) >= 11 is 0. The van der Waals surface area contributed by atoms with Crippen molar-refractivity contribution in [3.8, 4) is 11.5 Å². The normalized spacial score (nSPS) is 10.8. The Kier molecular flexibility index (Phi) is 4.63. The van der Waals surface area contributed by atoms with E-state index >= 15 is 0 Å². The van der Waals surface area contributed by atoms with Gasteiger partial charge in [0, 0.05) is 11.5 Å². The van der Waals surface area contributed by atoms with Crippen molar-refractivity contribution in [3.05, 3.63) is 48.0 Å². The number of nitrogen functional groups attached to an aromatic ring is 1. The van der Waals surface area contributed by atoms with Crippen LogP contribution in [0, 0.1) is 0 Å². The number of fused-ring (bicyclic) bond motifs is 1. The van der Waals surface area contributed by atoms with Crippen LogP contribution in [0.1, 0.15) is 5.56 Å². The molecule has 0 saturated carbocycles. The van der Waals surface area contributed by atoms with Crippen LogP contribution in [0.15, 0.2) is 42.5 Å². The summed E-state index contributed by atoms with van der Waals surface area (Å²) in [5.41, 5.74) is 7.69. The Bertz CT molecular complexity index is 768. The Balaban J connectivity index is 1.43. The Labute approximate surface area is 134 Å². The van der Waals surface area contributed by atoms with Crippen molar-refractivity contribution in [1.82, 2.24) is 10.2 Å². The van der Waals surface area contributed by atoms with Gasteiger partial charge in [-0.25, -0.2) is 0 Å². The number of nitrogens with one attached hydrogen (secondary N) is 1. The van der Waals surface area contributed by atoms with Gasteiger partial charge in [-0.15, -0.1) is 0 Å². The summed E-state index contributed by atoms with van der Waals surface area (Å²) in [6.07, 6.45) is 0. The third-order valence-corrected chi connectivity index (χ3v) is 3.49. The van der Waals surface area contributed by atoms with Gasteiger partial charge in [-0.3, -0.25) is 5.10 Å². The molecule has 0 fully saturated rings. The van der Waals surface area contributed by atoms with E-state index in [0.29, 0.717) is 25.6 Å². The highest BCUT2D eigenvalue weighted by molar-refractivity contribution is 5.89. The van der Waals surface area contributed by atoms with Crippen LogP contribution in [-0.2, 0) is 11.3 Å². The summed E-state index contributed by atoms with van der Waals surface area (Å²) in [5.74, 6) is 2.09. The minimum Gasteiger partial charge on any atom is -0.497 e. The lowest BCUT2D eigenvalue weighted by Gasteiger charge is -2.08. The topological polar surface area (TPSA) is 82.4 Å². The number of methoxy groups -OCH3 is 1. The maximum Gasteiger partial charge on any atom is 0.153 e. The monoisotopic (exact) mass is 313 g/mol. The number of aromatic nitrogens is 2. The predicted molar refractivity (Wildman–Crippen MR) is 88.7 cm³/mol. The highest BCUT2D eigenvalue weighted by Crippen LogP contribution is 2.22. The van der Waals surface area contributed by atoms with Crippen molar-refractivity contribution in [2.75, 3.05) is 26.1 Å². The van der Waals surface area contributed by atoms with Gasteiger partial charge in [0.15, 0.2) is 5.82 Å². The van der Waals surface area contributed by atoms with E-state index in [1.165, 1.54) is 0 Å². The van der Waals surface area contributed by atoms with Gasteiger partial charge in [0.25, 0.3) is 0 Å². The number of anilines is 1. The van der Waals surface area contributed by atoms with E-state index < -0.39 is 0 Å². The Morgan fingerprint density at radius 1 is 1.04 bits per heavy atom. The highest BCUT2D eigenvalue weighted by atomic mass is 16.5. The van der Waals surface area contributed by atoms with Crippen molar-refractivity contribution in [2.45, 2.75) is 6.61 Å². The fraction of sp³-hybridized carbons (Fsp3) is 0.235. The molecule has 0 unspecified atom stereocenters. The number of ether oxygens (including phenoxy) is 3. The maximum atomic E-state index is 5.73. The number of hydrogen-bond acceptors (Lipinski definition) is 5. The second kappa shape index (κ2) is 7.02. The van der Waals surface area contributed by atoms with Crippen molar-refractivity contribution >= 4 is 16.7 Å². The molecular formula is C17H19N3O3. The van der Waals surface area contributed by atoms with Gasteiger partial charge < -0.3 is 19.9 Å². The van der Waals surface area contributed by atoms with Crippen LogP contribution >= 0.6 is 0 Å². The summed E-state index contributed by atoms with van der Waals surface area (Å²) in [6.45, 7) is 1.53. The first-order chi connectivity index (χ1) is 11.3. The Hall–Kier alpha value is -2.73. The van der Waals surface area contributed by atoms with E-state index in [1.54, 1.807) is 7.11 Å². The zero-order chi connectivity index (χ0) is 16.1. The fourth-order valence-electron chi connectivity index (χ4n) is 2.24. The van der Waals surface area contributed by atoms with Gasteiger partial charge in [0.05, 0.1) is 25.8 Å². The van der Waals surface area contributed by atoms with Crippen LogP contribution < -0.4 is 15.2 Å². The molecule has 1 aromatic heterocycles. The molecule has 0 bridgehead atoms. The summed E-state index contributed by atoms with van der Waals surface area (Å²) in [5, 5.41) is 7.72. The molecule has 0 atom stereocenters. The van der Waals surface area contributed by atoms with Gasteiger partial charge in [-0.1, -0.05) is 12.1 Å². The van der Waals surface area contributed by atoms with Crippen LogP contribution in [0.5, 0.6) is 11.5 Å². The number of benzene rings is 2. The molecule has 0 spiro atoms. The smallest absolute Gasteiger partial charge is 0.153 e. The van der Waals surface area contributed by atoms with Crippen molar-refractivity contribution in [3.63, 3.8) is 0 Å².